The minimum Gasteiger partial charge on any atom is -0.497 e. The lowest BCUT2D eigenvalue weighted by Gasteiger charge is -2.31. The molecule has 1 saturated heterocycles. The minimum atomic E-state index is 0.288. The molecule has 0 aliphatic carbocycles. The fourth-order valence-electron chi connectivity index (χ4n) is 2.04. The molecule has 0 saturated carbocycles. The second-order valence-electron chi connectivity index (χ2n) is 4.15. The molecule has 0 amide bonds. The van der Waals surface area contributed by atoms with Gasteiger partial charge in [-0.05, 0) is 38.0 Å². The largest absolute Gasteiger partial charge is 0.497 e. The van der Waals surface area contributed by atoms with Crippen molar-refractivity contribution < 1.29 is 9.47 Å². The molecule has 1 aliphatic rings. The quantitative estimate of drug-likeness (QED) is 0.784. The average Bonchev–Trinajstić information content (AvgIpc) is 2.28. The van der Waals surface area contributed by atoms with Gasteiger partial charge in [0.05, 0.1) is 13.2 Å². The van der Waals surface area contributed by atoms with E-state index in [1.165, 1.54) is 5.56 Å². The molecule has 1 aromatic rings. The van der Waals surface area contributed by atoms with Crippen LogP contribution in [0.1, 0.15) is 31.1 Å². The van der Waals surface area contributed by atoms with E-state index in [2.05, 4.69) is 26.0 Å². The van der Waals surface area contributed by atoms with Crippen molar-refractivity contribution in [1.29, 1.82) is 0 Å². The highest BCUT2D eigenvalue weighted by Crippen LogP contribution is 2.41. The Bertz CT molecular complexity index is 326. The Morgan fingerprint density at radius 3 is 2.50 bits per heavy atom. The summed E-state index contributed by atoms with van der Waals surface area (Å²) in [7, 11) is 1.70. The predicted octanol–water partition coefficient (Wildman–Crippen LogP) is 3.62. The van der Waals surface area contributed by atoms with Crippen LogP contribution in [-0.2, 0) is 4.74 Å². The Morgan fingerprint density at radius 2 is 1.94 bits per heavy atom. The number of ether oxygens (including phenoxy) is 2. The minimum absolute atomic E-state index is 0.288. The maximum absolute atomic E-state index is 5.72. The molecule has 1 aromatic carbocycles. The Balaban J connectivity index is 2.10. The van der Waals surface area contributed by atoms with Crippen molar-refractivity contribution in [3.63, 3.8) is 0 Å². The van der Waals surface area contributed by atoms with Crippen molar-refractivity contribution in [1.82, 2.24) is 0 Å². The molecule has 1 aliphatic heterocycles. The molecular weight excluding hydrogens is 220 g/mol. The van der Waals surface area contributed by atoms with Crippen LogP contribution in [0.25, 0.3) is 0 Å². The molecule has 0 spiro atoms. The second kappa shape index (κ2) is 5.11. The molecule has 2 rings (SSSR count). The molecule has 1 heterocycles. The van der Waals surface area contributed by atoms with E-state index in [0.717, 1.165) is 12.2 Å². The average molecular weight is 238 g/mol. The summed E-state index contributed by atoms with van der Waals surface area (Å²) in [5, 5.41) is 0.546. The van der Waals surface area contributed by atoms with E-state index in [1.54, 1.807) is 7.11 Å². The molecule has 0 N–H and O–H groups in total. The van der Waals surface area contributed by atoms with Gasteiger partial charge in [-0.3, -0.25) is 0 Å². The maximum atomic E-state index is 5.72. The lowest BCUT2D eigenvalue weighted by Crippen LogP contribution is -2.23. The monoisotopic (exact) mass is 238 g/mol. The standard InChI is InChI=1S/C13H18O2S/c1-9-8-13(16-10(2)15-9)11-4-6-12(14-3)7-5-11/h4-7,9-10,13H,8H2,1-3H3. The van der Waals surface area contributed by atoms with Gasteiger partial charge in [0.25, 0.3) is 0 Å². The van der Waals surface area contributed by atoms with Crippen LogP contribution in [-0.4, -0.2) is 18.6 Å². The second-order valence-corrected chi connectivity index (χ2v) is 5.65. The summed E-state index contributed by atoms with van der Waals surface area (Å²) in [5.74, 6) is 0.918. The summed E-state index contributed by atoms with van der Waals surface area (Å²) in [6.07, 6.45) is 1.43. The normalized spacial score (nSPS) is 30.1. The van der Waals surface area contributed by atoms with Gasteiger partial charge in [-0.1, -0.05) is 12.1 Å². The Morgan fingerprint density at radius 1 is 1.25 bits per heavy atom. The van der Waals surface area contributed by atoms with Crippen LogP contribution in [0.15, 0.2) is 24.3 Å². The Kier molecular flexibility index (Phi) is 3.77. The summed E-state index contributed by atoms with van der Waals surface area (Å²) >= 11 is 1.89. The lowest BCUT2D eigenvalue weighted by molar-refractivity contribution is 0.0406. The summed E-state index contributed by atoms with van der Waals surface area (Å²) in [6.45, 7) is 4.27. The fraction of sp³-hybridized carbons (Fsp3) is 0.538. The van der Waals surface area contributed by atoms with E-state index in [1.807, 2.05) is 23.9 Å². The van der Waals surface area contributed by atoms with Crippen LogP contribution >= 0.6 is 11.8 Å². The predicted molar refractivity (Wildman–Crippen MR) is 68.0 cm³/mol. The maximum Gasteiger partial charge on any atom is 0.118 e. The van der Waals surface area contributed by atoms with Gasteiger partial charge >= 0.3 is 0 Å². The van der Waals surface area contributed by atoms with E-state index in [9.17, 15) is 0 Å². The van der Waals surface area contributed by atoms with Crippen molar-refractivity contribution in [2.45, 2.75) is 37.1 Å². The zero-order valence-corrected chi connectivity index (χ0v) is 10.8. The van der Waals surface area contributed by atoms with Crippen LogP contribution in [0.5, 0.6) is 5.75 Å². The number of rotatable bonds is 2. The number of benzene rings is 1. The first-order chi connectivity index (χ1) is 7.69. The summed E-state index contributed by atoms with van der Waals surface area (Å²) in [4.78, 5) is 0. The van der Waals surface area contributed by atoms with E-state index >= 15 is 0 Å². The van der Waals surface area contributed by atoms with Crippen LogP contribution in [0, 0.1) is 0 Å². The number of hydrogen-bond donors (Lipinski definition) is 0. The molecule has 1 fully saturated rings. The highest BCUT2D eigenvalue weighted by Gasteiger charge is 2.25. The molecule has 2 nitrogen and oxygen atoms in total. The topological polar surface area (TPSA) is 18.5 Å². The number of hydrogen-bond acceptors (Lipinski definition) is 3. The third kappa shape index (κ3) is 2.71. The first-order valence-electron chi connectivity index (χ1n) is 5.64. The fourth-order valence-corrected chi connectivity index (χ4v) is 3.45. The number of methoxy groups -OCH3 is 1. The molecule has 3 heteroatoms. The molecule has 0 bridgehead atoms. The van der Waals surface area contributed by atoms with Crippen molar-refractivity contribution in [3.05, 3.63) is 29.8 Å². The summed E-state index contributed by atoms with van der Waals surface area (Å²) in [5.41, 5.74) is 1.66. The smallest absolute Gasteiger partial charge is 0.118 e. The van der Waals surface area contributed by atoms with Crippen molar-refractivity contribution >= 4 is 11.8 Å². The van der Waals surface area contributed by atoms with Crippen molar-refractivity contribution in [3.8, 4) is 5.75 Å². The van der Waals surface area contributed by atoms with Crippen LogP contribution < -0.4 is 4.74 Å². The Hall–Kier alpha value is -0.670. The summed E-state index contributed by atoms with van der Waals surface area (Å²) in [6, 6.07) is 8.36. The van der Waals surface area contributed by atoms with Gasteiger partial charge in [0.15, 0.2) is 0 Å². The van der Waals surface area contributed by atoms with Gasteiger partial charge < -0.3 is 9.47 Å². The summed E-state index contributed by atoms with van der Waals surface area (Å²) < 4.78 is 10.9. The van der Waals surface area contributed by atoms with E-state index in [4.69, 9.17) is 9.47 Å². The van der Waals surface area contributed by atoms with Crippen molar-refractivity contribution in [2.75, 3.05) is 7.11 Å². The van der Waals surface area contributed by atoms with Crippen LogP contribution in [0.3, 0.4) is 0 Å². The van der Waals surface area contributed by atoms with E-state index < -0.39 is 0 Å². The third-order valence-electron chi connectivity index (χ3n) is 2.81. The first kappa shape index (κ1) is 11.8. The number of thioether (sulfide) groups is 1. The molecule has 16 heavy (non-hydrogen) atoms. The lowest BCUT2D eigenvalue weighted by atomic mass is 10.1. The van der Waals surface area contributed by atoms with Gasteiger partial charge in [0, 0.05) is 5.25 Å². The SMILES string of the molecule is COc1ccc(C2CC(C)OC(C)S2)cc1. The van der Waals surface area contributed by atoms with E-state index in [0.29, 0.717) is 11.4 Å². The molecule has 0 aromatic heterocycles. The molecule has 3 unspecified atom stereocenters. The first-order valence-corrected chi connectivity index (χ1v) is 6.58. The molecular formula is C13H18O2S. The highest BCUT2D eigenvalue weighted by atomic mass is 32.2. The molecule has 88 valence electrons. The molecule has 0 radical (unpaired) electrons. The third-order valence-corrected chi connectivity index (χ3v) is 4.10. The zero-order chi connectivity index (χ0) is 11.5. The van der Waals surface area contributed by atoms with Gasteiger partial charge in [-0.2, -0.15) is 0 Å². The van der Waals surface area contributed by atoms with E-state index in [-0.39, 0.29) is 5.44 Å². The van der Waals surface area contributed by atoms with Gasteiger partial charge in [-0.15, -0.1) is 11.8 Å². The van der Waals surface area contributed by atoms with Crippen molar-refractivity contribution in [2.24, 2.45) is 0 Å². The van der Waals surface area contributed by atoms with Gasteiger partial charge in [0.1, 0.15) is 11.2 Å². The van der Waals surface area contributed by atoms with Crippen LogP contribution in [0.2, 0.25) is 0 Å². The van der Waals surface area contributed by atoms with Gasteiger partial charge in [0.2, 0.25) is 0 Å². The molecule has 3 atom stereocenters. The Labute approximate surface area is 101 Å². The highest BCUT2D eigenvalue weighted by molar-refractivity contribution is 8.00. The van der Waals surface area contributed by atoms with Gasteiger partial charge in [-0.25, -0.2) is 0 Å². The zero-order valence-electron chi connectivity index (χ0n) is 9.97. The van der Waals surface area contributed by atoms with Crippen LogP contribution in [0.4, 0.5) is 0 Å².